The third-order valence-corrected chi connectivity index (χ3v) is 3.04. The van der Waals surface area contributed by atoms with E-state index in [1.807, 2.05) is 20.8 Å². The molecule has 2 nitrogen and oxygen atoms in total. The van der Waals surface area contributed by atoms with Crippen molar-refractivity contribution in [2.45, 2.75) is 40.0 Å². The second-order valence-corrected chi connectivity index (χ2v) is 5.15. The molecule has 1 saturated carbocycles. The minimum absolute atomic E-state index is 0.192. The molecule has 76 valence electrons. The molecule has 0 spiro atoms. The van der Waals surface area contributed by atoms with Crippen LogP contribution < -0.4 is 5.73 Å². The van der Waals surface area contributed by atoms with Gasteiger partial charge in [-0.2, -0.15) is 0 Å². The van der Waals surface area contributed by atoms with Gasteiger partial charge in [0.05, 0.1) is 0 Å². The van der Waals surface area contributed by atoms with Crippen molar-refractivity contribution < 1.29 is 4.79 Å². The van der Waals surface area contributed by atoms with Gasteiger partial charge in [-0.25, -0.2) is 0 Å². The van der Waals surface area contributed by atoms with Crippen LogP contribution in [0.3, 0.4) is 0 Å². The molecule has 0 amide bonds. The van der Waals surface area contributed by atoms with Crippen LogP contribution in [0.5, 0.6) is 0 Å². The molecule has 0 aromatic carbocycles. The zero-order valence-corrected chi connectivity index (χ0v) is 8.97. The molecule has 0 aromatic heterocycles. The van der Waals surface area contributed by atoms with E-state index in [0.29, 0.717) is 18.2 Å². The molecular formula is C11H21NO. The number of hydrogen-bond acceptors (Lipinski definition) is 2. The van der Waals surface area contributed by atoms with Gasteiger partial charge >= 0.3 is 0 Å². The van der Waals surface area contributed by atoms with Crippen molar-refractivity contribution >= 4 is 5.78 Å². The first-order chi connectivity index (χ1) is 5.96. The summed E-state index contributed by atoms with van der Waals surface area (Å²) in [5, 5.41) is 0. The average Bonchev–Trinajstić information content (AvgIpc) is 2.48. The highest BCUT2D eigenvalue weighted by molar-refractivity contribution is 5.86. The molecule has 0 aromatic rings. The predicted molar refractivity (Wildman–Crippen MR) is 54.3 cm³/mol. The normalized spacial score (nSPS) is 29.2. The lowest BCUT2D eigenvalue weighted by molar-refractivity contribution is -0.131. The molecule has 1 fully saturated rings. The summed E-state index contributed by atoms with van der Waals surface area (Å²) in [6.07, 6.45) is 3.37. The van der Waals surface area contributed by atoms with Gasteiger partial charge in [-0.3, -0.25) is 4.79 Å². The topological polar surface area (TPSA) is 43.1 Å². The van der Waals surface area contributed by atoms with Crippen LogP contribution in [-0.4, -0.2) is 12.3 Å². The van der Waals surface area contributed by atoms with Crippen LogP contribution in [0.15, 0.2) is 0 Å². The van der Waals surface area contributed by atoms with Gasteiger partial charge in [-0.05, 0) is 25.3 Å². The van der Waals surface area contributed by atoms with Gasteiger partial charge in [0, 0.05) is 11.3 Å². The fraction of sp³-hybridized carbons (Fsp3) is 0.909. The predicted octanol–water partition coefficient (Wildman–Crippen LogP) is 1.98. The molecule has 0 heterocycles. The van der Waals surface area contributed by atoms with E-state index in [0.717, 1.165) is 12.8 Å². The second-order valence-electron chi connectivity index (χ2n) is 5.15. The van der Waals surface area contributed by atoms with Crippen LogP contribution in [0.1, 0.15) is 40.0 Å². The monoisotopic (exact) mass is 183 g/mol. The van der Waals surface area contributed by atoms with Gasteiger partial charge in [0.15, 0.2) is 0 Å². The van der Waals surface area contributed by atoms with Crippen molar-refractivity contribution in [3.8, 4) is 0 Å². The SMILES string of the molecule is CC(C)(C)C(=O)C1CCCC1CN. The lowest BCUT2D eigenvalue weighted by Crippen LogP contribution is -2.33. The summed E-state index contributed by atoms with van der Waals surface area (Å²) in [6.45, 7) is 6.68. The van der Waals surface area contributed by atoms with Crippen LogP contribution in [-0.2, 0) is 4.79 Å². The van der Waals surface area contributed by atoms with Crippen molar-refractivity contribution in [2.75, 3.05) is 6.54 Å². The van der Waals surface area contributed by atoms with E-state index in [9.17, 15) is 4.79 Å². The maximum Gasteiger partial charge on any atom is 0.141 e. The quantitative estimate of drug-likeness (QED) is 0.711. The van der Waals surface area contributed by atoms with Gasteiger partial charge < -0.3 is 5.73 Å². The molecule has 1 rings (SSSR count). The fourth-order valence-electron chi connectivity index (χ4n) is 2.22. The first-order valence-corrected chi connectivity index (χ1v) is 5.21. The maximum atomic E-state index is 12.0. The zero-order chi connectivity index (χ0) is 10.1. The smallest absolute Gasteiger partial charge is 0.141 e. The van der Waals surface area contributed by atoms with Crippen LogP contribution in [0.25, 0.3) is 0 Å². The summed E-state index contributed by atoms with van der Waals surface area (Å²) in [5.74, 6) is 1.09. The number of carbonyl (C=O) groups is 1. The summed E-state index contributed by atoms with van der Waals surface area (Å²) < 4.78 is 0. The molecule has 0 bridgehead atoms. The van der Waals surface area contributed by atoms with E-state index in [1.54, 1.807) is 0 Å². The lowest BCUT2D eigenvalue weighted by Gasteiger charge is -2.25. The highest BCUT2D eigenvalue weighted by atomic mass is 16.1. The number of hydrogen-bond donors (Lipinski definition) is 1. The summed E-state index contributed by atoms with van der Waals surface area (Å²) >= 11 is 0. The largest absolute Gasteiger partial charge is 0.330 e. The maximum absolute atomic E-state index is 12.0. The average molecular weight is 183 g/mol. The first kappa shape index (κ1) is 10.7. The number of rotatable bonds is 2. The van der Waals surface area contributed by atoms with Gasteiger partial charge in [-0.1, -0.05) is 27.2 Å². The van der Waals surface area contributed by atoms with Crippen molar-refractivity contribution in [1.29, 1.82) is 0 Å². The standard InChI is InChI=1S/C11H21NO/c1-11(2,3)10(13)9-6-4-5-8(9)7-12/h8-9H,4-7,12H2,1-3H3. The Balaban J connectivity index is 2.66. The highest BCUT2D eigenvalue weighted by Crippen LogP contribution is 2.36. The lowest BCUT2D eigenvalue weighted by atomic mass is 9.78. The first-order valence-electron chi connectivity index (χ1n) is 5.21. The van der Waals surface area contributed by atoms with Crippen LogP contribution >= 0.6 is 0 Å². The molecule has 2 unspecified atom stereocenters. The minimum atomic E-state index is -0.192. The highest BCUT2D eigenvalue weighted by Gasteiger charge is 2.37. The molecule has 13 heavy (non-hydrogen) atoms. The minimum Gasteiger partial charge on any atom is -0.330 e. The fourth-order valence-corrected chi connectivity index (χ4v) is 2.22. The third kappa shape index (κ3) is 2.31. The Morgan fingerprint density at radius 1 is 1.38 bits per heavy atom. The molecular weight excluding hydrogens is 162 g/mol. The van der Waals surface area contributed by atoms with Crippen LogP contribution in [0.2, 0.25) is 0 Å². The van der Waals surface area contributed by atoms with E-state index in [1.165, 1.54) is 6.42 Å². The zero-order valence-electron chi connectivity index (χ0n) is 8.97. The van der Waals surface area contributed by atoms with Crippen molar-refractivity contribution in [3.63, 3.8) is 0 Å². The Morgan fingerprint density at radius 2 is 2.00 bits per heavy atom. The molecule has 2 N–H and O–H groups in total. The summed E-state index contributed by atoms with van der Waals surface area (Å²) in [4.78, 5) is 12.0. The van der Waals surface area contributed by atoms with E-state index < -0.39 is 0 Å². The Labute approximate surface area is 80.9 Å². The van der Waals surface area contributed by atoms with Crippen molar-refractivity contribution in [1.82, 2.24) is 0 Å². The number of Topliss-reactive ketones (excluding diaryl/α,β-unsaturated/α-hetero) is 1. The number of ketones is 1. The van der Waals surface area contributed by atoms with E-state index >= 15 is 0 Å². The van der Waals surface area contributed by atoms with Gasteiger partial charge in [0.25, 0.3) is 0 Å². The molecule has 1 aliphatic rings. The number of carbonyl (C=O) groups excluding carboxylic acids is 1. The Morgan fingerprint density at radius 3 is 2.46 bits per heavy atom. The summed E-state index contributed by atoms with van der Waals surface area (Å²) in [5.41, 5.74) is 5.46. The number of nitrogens with two attached hydrogens (primary N) is 1. The molecule has 1 aliphatic carbocycles. The third-order valence-electron chi connectivity index (χ3n) is 3.04. The second kappa shape index (κ2) is 3.79. The van der Waals surface area contributed by atoms with E-state index in [-0.39, 0.29) is 11.3 Å². The molecule has 0 radical (unpaired) electrons. The Hall–Kier alpha value is -0.370. The van der Waals surface area contributed by atoms with Crippen molar-refractivity contribution in [3.05, 3.63) is 0 Å². The van der Waals surface area contributed by atoms with Crippen molar-refractivity contribution in [2.24, 2.45) is 23.0 Å². The Bertz CT molecular complexity index is 193. The summed E-state index contributed by atoms with van der Waals surface area (Å²) in [7, 11) is 0. The Kier molecular flexibility index (Phi) is 3.12. The molecule has 0 aliphatic heterocycles. The summed E-state index contributed by atoms with van der Waals surface area (Å²) in [6, 6.07) is 0. The van der Waals surface area contributed by atoms with Crippen LogP contribution in [0.4, 0.5) is 0 Å². The van der Waals surface area contributed by atoms with Crippen LogP contribution in [0, 0.1) is 17.3 Å². The van der Waals surface area contributed by atoms with Gasteiger partial charge in [0.2, 0.25) is 0 Å². The molecule has 2 atom stereocenters. The van der Waals surface area contributed by atoms with E-state index in [2.05, 4.69) is 0 Å². The van der Waals surface area contributed by atoms with Gasteiger partial charge in [-0.15, -0.1) is 0 Å². The van der Waals surface area contributed by atoms with Gasteiger partial charge in [0.1, 0.15) is 5.78 Å². The molecule has 2 heteroatoms. The molecule has 0 saturated heterocycles. The van der Waals surface area contributed by atoms with E-state index in [4.69, 9.17) is 5.73 Å².